The Kier molecular flexibility index (Phi) is 8.08. The Morgan fingerprint density at radius 1 is 1.22 bits per heavy atom. The third-order valence-corrected chi connectivity index (χ3v) is 4.02. The number of fused-ring (bicyclic) bond motifs is 1. The topological polar surface area (TPSA) is 54.9 Å². The molecule has 146 valence electrons. The summed E-state index contributed by atoms with van der Waals surface area (Å²) in [5.74, 6) is 1.68. The molecule has 27 heavy (non-hydrogen) atoms. The van der Waals surface area contributed by atoms with E-state index < -0.39 is 6.61 Å². The van der Waals surface area contributed by atoms with E-state index in [4.69, 9.17) is 4.74 Å². The lowest BCUT2D eigenvalue weighted by molar-refractivity contribution is -0.0498. The van der Waals surface area contributed by atoms with Crippen molar-refractivity contribution in [2.45, 2.75) is 25.7 Å². The fourth-order valence-electron chi connectivity index (χ4n) is 2.82. The zero-order chi connectivity index (χ0) is 18.4. The van der Waals surface area contributed by atoms with Crippen LogP contribution < -0.4 is 20.1 Å². The molecule has 1 heterocycles. The van der Waals surface area contributed by atoms with Crippen LogP contribution in [0.25, 0.3) is 0 Å². The third kappa shape index (κ3) is 6.23. The molecule has 1 atom stereocenters. The fraction of sp³-hybridized carbons (Fsp3) is 0.316. The van der Waals surface area contributed by atoms with E-state index in [1.54, 1.807) is 19.2 Å². The van der Waals surface area contributed by atoms with Gasteiger partial charge in [0.2, 0.25) is 0 Å². The molecule has 8 heteroatoms. The van der Waals surface area contributed by atoms with Crippen molar-refractivity contribution in [3.05, 3.63) is 59.7 Å². The quantitative estimate of drug-likeness (QED) is 0.370. The molecule has 0 radical (unpaired) electrons. The minimum atomic E-state index is -2.83. The highest BCUT2D eigenvalue weighted by atomic mass is 127. The monoisotopic (exact) mass is 489 g/mol. The van der Waals surface area contributed by atoms with E-state index in [-0.39, 0.29) is 35.8 Å². The zero-order valence-corrected chi connectivity index (χ0v) is 17.2. The number of alkyl halides is 2. The Morgan fingerprint density at radius 3 is 2.78 bits per heavy atom. The number of ether oxygens (including phenoxy) is 2. The number of nitrogens with zero attached hydrogens (tertiary/aromatic N) is 1. The van der Waals surface area contributed by atoms with Gasteiger partial charge in [-0.3, -0.25) is 4.99 Å². The molecule has 0 fully saturated rings. The molecule has 1 aliphatic rings. The van der Waals surface area contributed by atoms with Crippen molar-refractivity contribution in [3.8, 4) is 11.5 Å². The average molecular weight is 489 g/mol. The highest BCUT2D eigenvalue weighted by molar-refractivity contribution is 14.0. The third-order valence-electron chi connectivity index (χ3n) is 4.02. The van der Waals surface area contributed by atoms with E-state index in [2.05, 4.69) is 26.4 Å². The molecule has 2 N–H and O–H groups in total. The molecule has 0 saturated carbocycles. The van der Waals surface area contributed by atoms with E-state index in [0.717, 1.165) is 17.7 Å². The number of nitrogens with one attached hydrogen (secondary N) is 2. The number of aliphatic imine (C=N–C) groups is 1. The second kappa shape index (κ2) is 10.3. The summed E-state index contributed by atoms with van der Waals surface area (Å²) in [6, 6.07) is 14.6. The van der Waals surface area contributed by atoms with Gasteiger partial charge in [0.25, 0.3) is 0 Å². The maximum absolute atomic E-state index is 12.3. The number of rotatable bonds is 6. The van der Waals surface area contributed by atoms with Crippen LogP contribution in [-0.2, 0) is 13.0 Å². The number of hydrogen-bond donors (Lipinski definition) is 2. The first-order chi connectivity index (χ1) is 12.6. The van der Waals surface area contributed by atoms with Crippen molar-refractivity contribution in [2.24, 2.45) is 4.99 Å². The summed E-state index contributed by atoms with van der Waals surface area (Å²) < 4.78 is 34.9. The normalized spacial score (nSPS) is 15.6. The van der Waals surface area contributed by atoms with Gasteiger partial charge in [-0.25, -0.2) is 0 Å². The summed E-state index contributed by atoms with van der Waals surface area (Å²) in [4.78, 5) is 4.17. The number of halogens is 3. The van der Waals surface area contributed by atoms with Gasteiger partial charge in [-0.1, -0.05) is 30.3 Å². The molecule has 2 aromatic rings. The minimum Gasteiger partial charge on any atom is -0.488 e. The molecular formula is C19H22F2IN3O2. The molecule has 1 unspecified atom stereocenters. The summed E-state index contributed by atoms with van der Waals surface area (Å²) in [6.07, 6.45) is 0.904. The van der Waals surface area contributed by atoms with Gasteiger partial charge < -0.3 is 20.1 Å². The maximum atomic E-state index is 12.3. The summed E-state index contributed by atoms with van der Waals surface area (Å²) in [7, 11) is 1.68. The molecule has 0 bridgehead atoms. The Bertz CT molecular complexity index is 749. The second-order valence-electron chi connectivity index (χ2n) is 5.88. The lowest BCUT2D eigenvalue weighted by atomic mass is 10.1. The van der Waals surface area contributed by atoms with E-state index >= 15 is 0 Å². The number of guanidine groups is 1. The SMILES string of the molecule is CN=C(NCc1cccc(OC(F)F)c1)NCC1Cc2ccccc2O1.I. The van der Waals surface area contributed by atoms with Crippen LogP contribution in [0.5, 0.6) is 11.5 Å². The Labute approximate surface area is 174 Å². The van der Waals surface area contributed by atoms with E-state index in [1.165, 1.54) is 11.6 Å². The Morgan fingerprint density at radius 2 is 2.04 bits per heavy atom. The molecule has 2 aromatic carbocycles. The molecular weight excluding hydrogens is 467 g/mol. The van der Waals surface area contributed by atoms with Crippen LogP contribution in [0.1, 0.15) is 11.1 Å². The predicted octanol–water partition coefficient (Wildman–Crippen LogP) is 3.57. The van der Waals surface area contributed by atoms with Crippen LogP contribution in [-0.4, -0.2) is 32.3 Å². The van der Waals surface area contributed by atoms with Crippen molar-refractivity contribution in [1.29, 1.82) is 0 Å². The van der Waals surface area contributed by atoms with E-state index in [0.29, 0.717) is 19.0 Å². The van der Waals surface area contributed by atoms with Gasteiger partial charge in [-0.05, 0) is 29.3 Å². The van der Waals surface area contributed by atoms with Gasteiger partial charge in [0.05, 0.1) is 6.54 Å². The van der Waals surface area contributed by atoms with Crippen LogP contribution in [0.2, 0.25) is 0 Å². The lowest BCUT2D eigenvalue weighted by Crippen LogP contribution is -2.41. The number of benzene rings is 2. The molecule has 1 aliphatic heterocycles. The van der Waals surface area contributed by atoms with Crippen LogP contribution in [0.4, 0.5) is 8.78 Å². The standard InChI is InChI=1S/C19H21F2N3O2.HI/c1-22-19(23-11-13-5-4-7-15(9-13)26-18(20)21)24-12-16-10-14-6-2-3-8-17(14)25-16;/h2-9,16,18H,10-12H2,1H3,(H2,22,23,24);1H. The van der Waals surface area contributed by atoms with Gasteiger partial charge in [0, 0.05) is 20.0 Å². The minimum absolute atomic E-state index is 0. The van der Waals surface area contributed by atoms with Gasteiger partial charge in [0.1, 0.15) is 17.6 Å². The summed E-state index contributed by atoms with van der Waals surface area (Å²) >= 11 is 0. The molecule has 3 rings (SSSR count). The van der Waals surface area contributed by atoms with Crippen molar-refractivity contribution < 1.29 is 18.3 Å². The Balaban J connectivity index is 0.00000261. The summed E-state index contributed by atoms with van der Waals surface area (Å²) in [5, 5.41) is 6.38. The van der Waals surface area contributed by atoms with Crippen LogP contribution in [0.3, 0.4) is 0 Å². The second-order valence-corrected chi connectivity index (χ2v) is 5.88. The lowest BCUT2D eigenvalue weighted by Gasteiger charge is -2.16. The first kappa shape index (κ1) is 21.2. The van der Waals surface area contributed by atoms with Crippen molar-refractivity contribution in [3.63, 3.8) is 0 Å². The molecule has 0 saturated heterocycles. The van der Waals surface area contributed by atoms with Gasteiger partial charge in [0.15, 0.2) is 5.96 Å². The smallest absolute Gasteiger partial charge is 0.387 e. The van der Waals surface area contributed by atoms with Gasteiger partial charge in [-0.2, -0.15) is 8.78 Å². The van der Waals surface area contributed by atoms with Crippen molar-refractivity contribution in [2.75, 3.05) is 13.6 Å². The van der Waals surface area contributed by atoms with Crippen LogP contribution in [0.15, 0.2) is 53.5 Å². The maximum Gasteiger partial charge on any atom is 0.387 e. The van der Waals surface area contributed by atoms with Crippen LogP contribution >= 0.6 is 24.0 Å². The first-order valence-electron chi connectivity index (χ1n) is 8.37. The largest absolute Gasteiger partial charge is 0.488 e. The zero-order valence-electron chi connectivity index (χ0n) is 14.8. The molecule has 0 aromatic heterocycles. The van der Waals surface area contributed by atoms with Gasteiger partial charge >= 0.3 is 6.61 Å². The summed E-state index contributed by atoms with van der Waals surface area (Å²) in [5.41, 5.74) is 2.02. The molecule has 0 amide bonds. The van der Waals surface area contributed by atoms with Crippen molar-refractivity contribution in [1.82, 2.24) is 10.6 Å². The predicted molar refractivity (Wildman–Crippen MR) is 111 cm³/mol. The summed E-state index contributed by atoms with van der Waals surface area (Å²) in [6.45, 7) is -1.78. The Hall–Kier alpha value is -2.10. The van der Waals surface area contributed by atoms with Crippen molar-refractivity contribution >= 4 is 29.9 Å². The molecule has 5 nitrogen and oxygen atoms in total. The molecule has 0 aliphatic carbocycles. The van der Waals surface area contributed by atoms with Gasteiger partial charge in [-0.15, -0.1) is 24.0 Å². The first-order valence-corrected chi connectivity index (χ1v) is 8.37. The average Bonchev–Trinajstić information content (AvgIpc) is 3.04. The fourth-order valence-corrected chi connectivity index (χ4v) is 2.82. The highest BCUT2D eigenvalue weighted by Gasteiger charge is 2.22. The number of hydrogen-bond acceptors (Lipinski definition) is 3. The van der Waals surface area contributed by atoms with E-state index in [1.807, 2.05) is 24.3 Å². The van der Waals surface area contributed by atoms with Crippen LogP contribution in [0, 0.1) is 0 Å². The number of para-hydroxylation sites is 1. The van der Waals surface area contributed by atoms with E-state index in [9.17, 15) is 8.78 Å². The highest BCUT2D eigenvalue weighted by Crippen LogP contribution is 2.27. The molecule has 0 spiro atoms.